The molecule has 1 aromatic heterocycles. The highest BCUT2D eigenvalue weighted by Gasteiger charge is 2.20. The van der Waals surface area contributed by atoms with Crippen LogP contribution in [-0.4, -0.2) is 16.2 Å². The number of hydrogen-bond donors (Lipinski definition) is 1. The van der Waals surface area contributed by atoms with Crippen LogP contribution in [0.3, 0.4) is 0 Å². The van der Waals surface area contributed by atoms with E-state index in [-0.39, 0.29) is 0 Å². The molecule has 1 aliphatic rings. The third-order valence-corrected chi connectivity index (χ3v) is 3.19. The van der Waals surface area contributed by atoms with Gasteiger partial charge in [0.1, 0.15) is 0 Å². The van der Waals surface area contributed by atoms with Crippen LogP contribution in [0.1, 0.15) is 44.4 Å². The van der Waals surface area contributed by atoms with Crippen molar-refractivity contribution in [2.45, 2.75) is 52.1 Å². The van der Waals surface area contributed by atoms with Crippen molar-refractivity contribution in [2.75, 3.05) is 0 Å². The van der Waals surface area contributed by atoms with Gasteiger partial charge in [-0.05, 0) is 18.8 Å². The standard InChI is InChI=1S/C11H19N3O/c1-8-5-3-4-6-10(8)12-7-11-14-13-9(2)15-11/h8,10,12H,3-7H2,1-2H3. The van der Waals surface area contributed by atoms with Crippen LogP contribution in [0.4, 0.5) is 0 Å². The van der Waals surface area contributed by atoms with Gasteiger partial charge in [-0.15, -0.1) is 10.2 Å². The lowest BCUT2D eigenvalue weighted by molar-refractivity contribution is 0.270. The summed E-state index contributed by atoms with van der Waals surface area (Å²) in [5.74, 6) is 2.11. The molecule has 1 N–H and O–H groups in total. The molecule has 2 rings (SSSR count). The third kappa shape index (κ3) is 2.78. The summed E-state index contributed by atoms with van der Waals surface area (Å²) < 4.78 is 5.33. The predicted octanol–water partition coefficient (Wildman–Crippen LogP) is 2.05. The minimum atomic E-state index is 0.617. The Morgan fingerprint density at radius 2 is 2.13 bits per heavy atom. The SMILES string of the molecule is Cc1nnc(CNC2CCCCC2C)o1. The molecule has 1 aromatic rings. The lowest BCUT2D eigenvalue weighted by Gasteiger charge is -2.29. The molecule has 0 bridgehead atoms. The van der Waals surface area contributed by atoms with Crippen molar-refractivity contribution in [3.8, 4) is 0 Å². The van der Waals surface area contributed by atoms with E-state index in [1.54, 1.807) is 0 Å². The number of hydrogen-bond acceptors (Lipinski definition) is 4. The highest BCUT2D eigenvalue weighted by molar-refractivity contribution is 4.83. The van der Waals surface area contributed by atoms with Crippen LogP contribution in [0.15, 0.2) is 4.42 Å². The molecule has 4 heteroatoms. The number of aromatic nitrogens is 2. The van der Waals surface area contributed by atoms with E-state index in [0.29, 0.717) is 24.4 Å². The molecule has 1 saturated carbocycles. The van der Waals surface area contributed by atoms with Crippen LogP contribution >= 0.6 is 0 Å². The molecule has 1 fully saturated rings. The van der Waals surface area contributed by atoms with E-state index in [4.69, 9.17) is 4.42 Å². The van der Waals surface area contributed by atoms with Gasteiger partial charge in [-0.3, -0.25) is 0 Å². The lowest BCUT2D eigenvalue weighted by Crippen LogP contribution is -2.36. The highest BCUT2D eigenvalue weighted by atomic mass is 16.4. The first kappa shape index (κ1) is 10.6. The molecular weight excluding hydrogens is 190 g/mol. The van der Waals surface area contributed by atoms with Gasteiger partial charge in [0.25, 0.3) is 0 Å². The minimum Gasteiger partial charge on any atom is -0.424 e. The van der Waals surface area contributed by atoms with Crippen LogP contribution in [0.25, 0.3) is 0 Å². The summed E-state index contributed by atoms with van der Waals surface area (Å²) in [5.41, 5.74) is 0. The monoisotopic (exact) mass is 209 g/mol. The smallest absolute Gasteiger partial charge is 0.230 e. The van der Waals surface area contributed by atoms with Gasteiger partial charge in [0.15, 0.2) is 0 Å². The fourth-order valence-electron chi connectivity index (χ4n) is 2.25. The van der Waals surface area contributed by atoms with Crippen LogP contribution < -0.4 is 5.32 Å². The third-order valence-electron chi connectivity index (χ3n) is 3.19. The summed E-state index contributed by atoms with van der Waals surface area (Å²) in [7, 11) is 0. The second kappa shape index (κ2) is 4.75. The Hall–Kier alpha value is -0.900. The molecule has 2 atom stereocenters. The van der Waals surface area contributed by atoms with Crippen molar-refractivity contribution in [3.63, 3.8) is 0 Å². The van der Waals surface area contributed by atoms with E-state index in [1.165, 1.54) is 25.7 Å². The van der Waals surface area contributed by atoms with E-state index >= 15 is 0 Å². The van der Waals surface area contributed by atoms with Gasteiger partial charge in [0.2, 0.25) is 11.8 Å². The molecular formula is C11H19N3O. The van der Waals surface area contributed by atoms with Gasteiger partial charge >= 0.3 is 0 Å². The van der Waals surface area contributed by atoms with Crippen LogP contribution in [0, 0.1) is 12.8 Å². The highest BCUT2D eigenvalue weighted by Crippen LogP contribution is 2.23. The number of nitrogens with zero attached hydrogens (tertiary/aromatic N) is 2. The molecule has 0 aromatic carbocycles. The number of nitrogens with one attached hydrogen (secondary N) is 1. The maximum Gasteiger partial charge on any atom is 0.230 e. The van der Waals surface area contributed by atoms with Gasteiger partial charge in [0.05, 0.1) is 6.54 Å². The Bertz CT molecular complexity index is 311. The van der Waals surface area contributed by atoms with Crippen molar-refractivity contribution in [2.24, 2.45) is 5.92 Å². The van der Waals surface area contributed by atoms with Crippen LogP contribution in [0.5, 0.6) is 0 Å². The molecule has 0 radical (unpaired) electrons. The average Bonchev–Trinajstić information content (AvgIpc) is 2.63. The molecule has 84 valence electrons. The average molecular weight is 209 g/mol. The van der Waals surface area contributed by atoms with E-state index in [2.05, 4.69) is 22.4 Å². The maximum absolute atomic E-state index is 5.33. The Balaban J connectivity index is 1.81. The van der Waals surface area contributed by atoms with Crippen molar-refractivity contribution in [1.82, 2.24) is 15.5 Å². The van der Waals surface area contributed by atoms with Crippen molar-refractivity contribution < 1.29 is 4.42 Å². The van der Waals surface area contributed by atoms with Gasteiger partial charge in [-0.25, -0.2) is 0 Å². The lowest BCUT2D eigenvalue weighted by atomic mass is 9.86. The Morgan fingerprint density at radius 1 is 1.33 bits per heavy atom. The fourth-order valence-corrected chi connectivity index (χ4v) is 2.25. The Morgan fingerprint density at radius 3 is 2.80 bits per heavy atom. The zero-order chi connectivity index (χ0) is 10.7. The molecule has 15 heavy (non-hydrogen) atoms. The topological polar surface area (TPSA) is 51.0 Å². The molecule has 0 spiro atoms. The van der Waals surface area contributed by atoms with Gasteiger partial charge in [0, 0.05) is 13.0 Å². The van der Waals surface area contributed by atoms with Crippen LogP contribution in [-0.2, 0) is 6.54 Å². The Kier molecular flexibility index (Phi) is 3.36. The molecule has 0 amide bonds. The van der Waals surface area contributed by atoms with Crippen molar-refractivity contribution in [1.29, 1.82) is 0 Å². The summed E-state index contributed by atoms with van der Waals surface area (Å²) in [6.45, 7) is 4.84. The number of rotatable bonds is 3. The number of aryl methyl sites for hydroxylation is 1. The van der Waals surface area contributed by atoms with E-state index in [9.17, 15) is 0 Å². The zero-order valence-corrected chi connectivity index (χ0v) is 9.49. The van der Waals surface area contributed by atoms with E-state index < -0.39 is 0 Å². The summed E-state index contributed by atoms with van der Waals surface area (Å²) >= 11 is 0. The second-order valence-electron chi connectivity index (χ2n) is 4.46. The molecule has 0 aliphatic heterocycles. The van der Waals surface area contributed by atoms with Gasteiger partial charge < -0.3 is 9.73 Å². The predicted molar refractivity (Wildman–Crippen MR) is 57.3 cm³/mol. The first-order valence-corrected chi connectivity index (χ1v) is 5.78. The van der Waals surface area contributed by atoms with Crippen molar-refractivity contribution in [3.05, 3.63) is 11.8 Å². The summed E-state index contributed by atoms with van der Waals surface area (Å²) in [5, 5.41) is 11.3. The molecule has 4 nitrogen and oxygen atoms in total. The van der Waals surface area contributed by atoms with E-state index in [1.807, 2.05) is 6.92 Å². The normalized spacial score (nSPS) is 26.8. The minimum absolute atomic E-state index is 0.617. The molecule has 1 heterocycles. The second-order valence-corrected chi connectivity index (χ2v) is 4.46. The molecule has 0 saturated heterocycles. The quantitative estimate of drug-likeness (QED) is 0.827. The largest absolute Gasteiger partial charge is 0.424 e. The summed E-state index contributed by atoms with van der Waals surface area (Å²) in [4.78, 5) is 0. The first-order valence-electron chi connectivity index (χ1n) is 5.78. The zero-order valence-electron chi connectivity index (χ0n) is 9.49. The van der Waals surface area contributed by atoms with Crippen LogP contribution in [0.2, 0.25) is 0 Å². The maximum atomic E-state index is 5.33. The summed E-state index contributed by atoms with van der Waals surface area (Å²) in [6, 6.07) is 0.617. The Labute approximate surface area is 90.5 Å². The van der Waals surface area contributed by atoms with Crippen molar-refractivity contribution >= 4 is 0 Å². The summed E-state index contributed by atoms with van der Waals surface area (Å²) in [6.07, 6.45) is 5.32. The van der Waals surface area contributed by atoms with Gasteiger partial charge in [-0.2, -0.15) is 0 Å². The van der Waals surface area contributed by atoms with E-state index in [0.717, 1.165) is 5.92 Å². The fraction of sp³-hybridized carbons (Fsp3) is 0.818. The molecule has 1 aliphatic carbocycles. The first-order chi connectivity index (χ1) is 7.25. The molecule has 2 unspecified atom stereocenters. The van der Waals surface area contributed by atoms with Gasteiger partial charge in [-0.1, -0.05) is 19.8 Å².